The molecule has 0 spiro atoms. The first kappa shape index (κ1) is 23.2. The van der Waals surface area contributed by atoms with Crippen LogP contribution >= 0.6 is 11.6 Å². The summed E-state index contributed by atoms with van der Waals surface area (Å²) in [6.45, 7) is 7.97. The molecule has 6 nitrogen and oxygen atoms in total. The summed E-state index contributed by atoms with van der Waals surface area (Å²) in [6, 6.07) is 8.16. The molecule has 0 saturated heterocycles. The zero-order valence-electron chi connectivity index (χ0n) is 17.1. The van der Waals surface area contributed by atoms with Crippen molar-refractivity contribution in [3.63, 3.8) is 0 Å². The Kier molecular flexibility index (Phi) is 8.07. The molecule has 0 unspecified atom stereocenters. The lowest BCUT2D eigenvalue weighted by Crippen LogP contribution is -2.24. The number of sulfonamides is 1. The van der Waals surface area contributed by atoms with E-state index in [2.05, 4.69) is 10.0 Å². The Balaban J connectivity index is 2.02. The molecule has 0 atom stereocenters. The fourth-order valence-electron chi connectivity index (χ4n) is 2.93. The quantitative estimate of drug-likeness (QED) is 0.569. The average molecular weight is 439 g/mol. The molecule has 0 aliphatic rings. The van der Waals surface area contributed by atoms with Crippen molar-refractivity contribution in [3.8, 4) is 5.75 Å². The van der Waals surface area contributed by atoms with Gasteiger partial charge in [0.2, 0.25) is 10.0 Å². The lowest BCUT2D eigenvalue weighted by Gasteiger charge is -2.14. The Morgan fingerprint density at radius 2 is 1.76 bits per heavy atom. The first-order valence-electron chi connectivity index (χ1n) is 9.43. The molecule has 0 bridgehead atoms. The van der Waals surface area contributed by atoms with Crippen molar-refractivity contribution in [1.29, 1.82) is 0 Å². The summed E-state index contributed by atoms with van der Waals surface area (Å²) in [4.78, 5) is 12.3. The van der Waals surface area contributed by atoms with E-state index in [1.807, 2.05) is 39.8 Å². The smallest absolute Gasteiger partial charge is 0.262 e. The topological polar surface area (TPSA) is 84.5 Å². The molecule has 2 aromatic carbocycles. The maximum absolute atomic E-state index is 12.3. The molecule has 1 amide bonds. The molecule has 2 aromatic rings. The molecule has 0 aliphatic carbocycles. The predicted molar refractivity (Wildman–Crippen MR) is 116 cm³/mol. The van der Waals surface area contributed by atoms with Crippen LogP contribution in [0.5, 0.6) is 5.75 Å². The molecular weight excluding hydrogens is 412 g/mol. The number of halogens is 1. The van der Waals surface area contributed by atoms with Crippen LogP contribution in [0.25, 0.3) is 0 Å². The fourth-order valence-corrected chi connectivity index (χ4v) is 4.33. The number of nitrogens with one attached hydrogen (secondary N) is 2. The van der Waals surface area contributed by atoms with Crippen molar-refractivity contribution in [2.75, 3.05) is 18.5 Å². The summed E-state index contributed by atoms with van der Waals surface area (Å²) in [7, 11) is -3.63. The number of anilines is 1. The number of aryl methyl sites for hydroxylation is 3. The lowest BCUT2D eigenvalue weighted by atomic mass is 10.1. The number of carbonyl (C=O) groups excluding carboxylic acids is 1. The Hall–Kier alpha value is -2.09. The number of rotatable bonds is 9. The van der Waals surface area contributed by atoms with Crippen molar-refractivity contribution in [2.45, 2.75) is 45.4 Å². The van der Waals surface area contributed by atoms with Crippen LogP contribution < -0.4 is 14.8 Å². The second kappa shape index (κ2) is 10.1. The van der Waals surface area contributed by atoms with Gasteiger partial charge in [-0.2, -0.15) is 0 Å². The molecule has 8 heteroatoms. The second-order valence-corrected chi connectivity index (χ2v) is 9.13. The van der Waals surface area contributed by atoms with Gasteiger partial charge in [-0.25, -0.2) is 13.1 Å². The van der Waals surface area contributed by atoms with E-state index in [9.17, 15) is 13.2 Å². The summed E-state index contributed by atoms with van der Waals surface area (Å²) >= 11 is 6.16. The predicted octanol–water partition coefficient (Wildman–Crippen LogP) is 4.36. The van der Waals surface area contributed by atoms with E-state index in [4.69, 9.17) is 16.3 Å². The summed E-state index contributed by atoms with van der Waals surface area (Å²) in [5.41, 5.74) is 3.83. The Morgan fingerprint density at radius 1 is 1.10 bits per heavy atom. The van der Waals surface area contributed by atoms with Crippen LogP contribution in [-0.4, -0.2) is 27.5 Å². The molecule has 0 fully saturated rings. The number of ether oxygens (including phenoxy) is 1. The van der Waals surface area contributed by atoms with Gasteiger partial charge in [0.05, 0.1) is 9.92 Å². The highest BCUT2D eigenvalue weighted by atomic mass is 35.5. The van der Waals surface area contributed by atoms with Gasteiger partial charge >= 0.3 is 0 Å². The summed E-state index contributed by atoms with van der Waals surface area (Å²) in [5.74, 6) is -0.0827. The Morgan fingerprint density at radius 3 is 2.34 bits per heavy atom. The highest BCUT2D eigenvalue weighted by Gasteiger charge is 2.16. The van der Waals surface area contributed by atoms with Crippen molar-refractivity contribution < 1.29 is 17.9 Å². The first-order valence-corrected chi connectivity index (χ1v) is 11.3. The van der Waals surface area contributed by atoms with Gasteiger partial charge in [-0.15, -0.1) is 0 Å². The molecule has 0 heterocycles. The van der Waals surface area contributed by atoms with Gasteiger partial charge in [0.1, 0.15) is 5.75 Å². The van der Waals surface area contributed by atoms with Crippen molar-refractivity contribution in [1.82, 2.24) is 4.72 Å². The molecule has 0 saturated carbocycles. The molecule has 0 aromatic heterocycles. The zero-order chi connectivity index (χ0) is 21.6. The van der Waals surface area contributed by atoms with E-state index in [-0.39, 0.29) is 28.2 Å². The monoisotopic (exact) mass is 438 g/mol. The normalized spacial score (nSPS) is 11.3. The number of hydrogen-bond donors (Lipinski definition) is 2. The van der Waals surface area contributed by atoms with Gasteiger partial charge in [-0.05, 0) is 56.5 Å². The zero-order valence-corrected chi connectivity index (χ0v) is 18.7. The molecule has 158 valence electrons. The van der Waals surface area contributed by atoms with Gasteiger partial charge in [0.25, 0.3) is 5.91 Å². The molecule has 2 rings (SSSR count). The van der Waals surface area contributed by atoms with Gasteiger partial charge < -0.3 is 10.1 Å². The van der Waals surface area contributed by atoms with Crippen LogP contribution in [0.1, 0.15) is 36.5 Å². The van der Waals surface area contributed by atoms with Gasteiger partial charge in [-0.1, -0.05) is 42.6 Å². The second-order valence-electron chi connectivity index (χ2n) is 6.95. The van der Waals surface area contributed by atoms with E-state index in [0.29, 0.717) is 6.54 Å². The fraction of sp³-hybridized carbons (Fsp3) is 0.381. The minimum absolute atomic E-state index is 0.0568. The van der Waals surface area contributed by atoms with Gasteiger partial charge in [0, 0.05) is 12.2 Å². The maximum Gasteiger partial charge on any atom is 0.262 e. The highest BCUT2D eigenvalue weighted by molar-refractivity contribution is 7.89. The van der Waals surface area contributed by atoms with E-state index in [1.165, 1.54) is 18.2 Å². The van der Waals surface area contributed by atoms with Crippen LogP contribution in [-0.2, 0) is 14.8 Å². The SMILES string of the molecule is CCCCNS(=O)(=O)c1ccc(OCC(=O)Nc2c(C)cc(C)cc2C)c(Cl)c1. The standard InChI is InChI=1S/C21H27ClN2O4S/c1-5-6-9-23-29(26,27)17-7-8-19(18(22)12-17)28-13-20(25)24-21-15(3)10-14(2)11-16(21)4/h7-8,10-12,23H,5-6,9,13H2,1-4H3,(H,24,25). The Bertz CT molecular complexity index is 967. The number of hydrogen-bond acceptors (Lipinski definition) is 4. The van der Waals surface area contributed by atoms with Gasteiger partial charge in [-0.3, -0.25) is 4.79 Å². The minimum Gasteiger partial charge on any atom is -0.482 e. The third-order valence-electron chi connectivity index (χ3n) is 4.34. The number of unbranched alkanes of at least 4 members (excludes halogenated alkanes) is 1. The average Bonchev–Trinajstić information content (AvgIpc) is 2.63. The largest absolute Gasteiger partial charge is 0.482 e. The van der Waals surface area contributed by atoms with E-state index in [0.717, 1.165) is 35.2 Å². The molecule has 2 N–H and O–H groups in total. The molecule has 29 heavy (non-hydrogen) atoms. The van der Waals surface area contributed by atoms with Crippen LogP contribution in [0.2, 0.25) is 5.02 Å². The minimum atomic E-state index is -3.63. The third-order valence-corrected chi connectivity index (χ3v) is 6.09. The van der Waals surface area contributed by atoms with Gasteiger partial charge in [0.15, 0.2) is 6.61 Å². The summed E-state index contributed by atoms with van der Waals surface area (Å²) in [5, 5.41) is 2.97. The van der Waals surface area contributed by atoms with Crippen molar-refractivity contribution in [2.24, 2.45) is 0 Å². The third kappa shape index (κ3) is 6.45. The van der Waals surface area contributed by atoms with Crippen LogP contribution in [0, 0.1) is 20.8 Å². The maximum atomic E-state index is 12.3. The Labute approximate surface area is 177 Å². The molecule has 0 radical (unpaired) electrons. The number of carbonyl (C=O) groups is 1. The number of benzene rings is 2. The lowest BCUT2D eigenvalue weighted by molar-refractivity contribution is -0.118. The van der Waals surface area contributed by atoms with Crippen LogP contribution in [0.3, 0.4) is 0 Å². The van der Waals surface area contributed by atoms with Crippen molar-refractivity contribution >= 4 is 33.2 Å². The first-order chi connectivity index (χ1) is 13.6. The molecular formula is C21H27ClN2O4S. The van der Waals surface area contributed by atoms with Crippen LogP contribution in [0.15, 0.2) is 35.2 Å². The van der Waals surface area contributed by atoms with E-state index < -0.39 is 10.0 Å². The molecule has 0 aliphatic heterocycles. The van der Waals surface area contributed by atoms with E-state index >= 15 is 0 Å². The van der Waals surface area contributed by atoms with Crippen molar-refractivity contribution in [3.05, 3.63) is 52.0 Å². The highest BCUT2D eigenvalue weighted by Crippen LogP contribution is 2.27. The van der Waals surface area contributed by atoms with E-state index in [1.54, 1.807) is 0 Å². The van der Waals surface area contributed by atoms with Crippen LogP contribution in [0.4, 0.5) is 5.69 Å². The summed E-state index contributed by atoms with van der Waals surface area (Å²) in [6.07, 6.45) is 1.64. The number of amides is 1. The summed E-state index contributed by atoms with van der Waals surface area (Å²) < 4.78 is 32.5.